The number of nitrogens with zero attached hydrogens (tertiary/aromatic N) is 4. The van der Waals surface area contributed by atoms with Crippen LogP contribution in [-0.2, 0) is 22.6 Å². The van der Waals surface area contributed by atoms with Gasteiger partial charge < -0.3 is 10.1 Å². The number of halogens is 1. The zero-order valence-corrected chi connectivity index (χ0v) is 15.4. The minimum absolute atomic E-state index is 0.156. The molecule has 9 heteroatoms. The fourth-order valence-corrected chi connectivity index (χ4v) is 2.71. The normalized spacial score (nSPS) is 10.6. The molecule has 1 N–H and O–H groups in total. The number of rotatable bonds is 7. The number of carbonyl (C=O) groups is 2. The molecule has 0 saturated carbocycles. The van der Waals surface area contributed by atoms with Crippen molar-refractivity contribution in [3.8, 4) is 0 Å². The number of hydrogen-bond acceptors (Lipinski definition) is 5. The monoisotopic (exact) mass is 387 g/mol. The standard InChI is InChI=1S/C18H18ClN5O3/c1-27-18(26)16-5-3-2-4-13(16)10-24-12-15(9-21-24)22-17(25)6-7-23-11-14(19)8-20-23/h2-5,8-9,11-12H,6-7,10H2,1H3,(H,22,25). The van der Waals surface area contributed by atoms with E-state index < -0.39 is 5.97 Å². The summed E-state index contributed by atoms with van der Waals surface area (Å²) in [5.74, 6) is -0.554. The van der Waals surface area contributed by atoms with Gasteiger partial charge in [0.1, 0.15) is 0 Å². The Bertz CT molecular complexity index is 950. The minimum atomic E-state index is -0.398. The van der Waals surface area contributed by atoms with Crippen LogP contribution in [0.5, 0.6) is 0 Å². The molecule has 0 atom stereocenters. The molecule has 1 aromatic carbocycles. The van der Waals surface area contributed by atoms with Gasteiger partial charge in [-0.3, -0.25) is 14.2 Å². The Balaban J connectivity index is 1.58. The summed E-state index contributed by atoms with van der Waals surface area (Å²) in [5, 5.41) is 11.6. The fraction of sp³-hybridized carbons (Fsp3) is 0.222. The fourth-order valence-electron chi connectivity index (χ4n) is 2.56. The number of esters is 1. The van der Waals surface area contributed by atoms with Gasteiger partial charge in [0, 0.05) is 25.4 Å². The molecule has 0 aliphatic heterocycles. The average molecular weight is 388 g/mol. The third-order valence-corrected chi connectivity index (χ3v) is 4.04. The van der Waals surface area contributed by atoms with Gasteiger partial charge in [0.05, 0.1) is 42.3 Å². The number of nitrogens with one attached hydrogen (secondary N) is 1. The second kappa shape index (κ2) is 8.50. The van der Waals surface area contributed by atoms with Gasteiger partial charge >= 0.3 is 5.97 Å². The van der Waals surface area contributed by atoms with Crippen molar-refractivity contribution in [2.75, 3.05) is 12.4 Å². The lowest BCUT2D eigenvalue weighted by molar-refractivity contribution is -0.116. The number of ether oxygens (including phenoxy) is 1. The Morgan fingerprint density at radius 3 is 2.67 bits per heavy atom. The summed E-state index contributed by atoms with van der Waals surface area (Å²) in [6.45, 7) is 0.812. The van der Waals surface area contributed by atoms with Crippen LogP contribution in [0.4, 0.5) is 5.69 Å². The molecule has 0 spiro atoms. The van der Waals surface area contributed by atoms with Crippen molar-refractivity contribution in [3.63, 3.8) is 0 Å². The van der Waals surface area contributed by atoms with Crippen LogP contribution in [0.25, 0.3) is 0 Å². The zero-order chi connectivity index (χ0) is 19.2. The first-order valence-electron chi connectivity index (χ1n) is 8.21. The van der Waals surface area contributed by atoms with E-state index in [1.807, 2.05) is 12.1 Å². The van der Waals surface area contributed by atoms with Crippen molar-refractivity contribution in [2.45, 2.75) is 19.5 Å². The van der Waals surface area contributed by atoms with Gasteiger partial charge in [0.25, 0.3) is 0 Å². The maximum atomic E-state index is 12.1. The Hall–Kier alpha value is -3.13. The molecule has 3 rings (SSSR count). The van der Waals surface area contributed by atoms with Gasteiger partial charge in [-0.25, -0.2) is 4.79 Å². The lowest BCUT2D eigenvalue weighted by Crippen LogP contribution is -2.14. The smallest absolute Gasteiger partial charge is 0.338 e. The van der Waals surface area contributed by atoms with Crippen LogP contribution in [0.15, 0.2) is 49.1 Å². The second-order valence-corrected chi connectivity index (χ2v) is 6.23. The van der Waals surface area contributed by atoms with E-state index in [9.17, 15) is 9.59 Å². The van der Waals surface area contributed by atoms with E-state index in [0.29, 0.717) is 29.4 Å². The first kappa shape index (κ1) is 18.7. The second-order valence-electron chi connectivity index (χ2n) is 5.80. The van der Waals surface area contributed by atoms with E-state index in [1.54, 1.807) is 40.1 Å². The van der Waals surface area contributed by atoms with Crippen molar-refractivity contribution in [2.24, 2.45) is 0 Å². The van der Waals surface area contributed by atoms with Crippen LogP contribution in [0.2, 0.25) is 5.02 Å². The molecule has 27 heavy (non-hydrogen) atoms. The Kier molecular flexibility index (Phi) is 5.87. The Morgan fingerprint density at radius 1 is 1.15 bits per heavy atom. The van der Waals surface area contributed by atoms with E-state index in [1.165, 1.54) is 13.3 Å². The van der Waals surface area contributed by atoms with Crippen LogP contribution in [0, 0.1) is 0 Å². The van der Waals surface area contributed by atoms with E-state index in [0.717, 1.165) is 5.56 Å². The molecule has 1 amide bonds. The average Bonchev–Trinajstić information content (AvgIpc) is 3.28. The highest BCUT2D eigenvalue weighted by Gasteiger charge is 2.12. The number of anilines is 1. The summed E-state index contributed by atoms with van der Waals surface area (Å²) in [7, 11) is 1.35. The van der Waals surface area contributed by atoms with Crippen LogP contribution in [-0.4, -0.2) is 38.5 Å². The summed E-state index contributed by atoms with van der Waals surface area (Å²) in [4.78, 5) is 23.9. The molecular weight excluding hydrogens is 370 g/mol. The van der Waals surface area contributed by atoms with Gasteiger partial charge in [-0.15, -0.1) is 0 Å². The maximum Gasteiger partial charge on any atom is 0.338 e. The number of aryl methyl sites for hydroxylation is 1. The van der Waals surface area contributed by atoms with E-state index in [4.69, 9.17) is 16.3 Å². The van der Waals surface area contributed by atoms with Crippen LogP contribution in [0.1, 0.15) is 22.3 Å². The lowest BCUT2D eigenvalue weighted by atomic mass is 10.1. The highest BCUT2D eigenvalue weighted by molar-refractivity contribution is 6.30. The number of hydrogen-bond donors (Lipinski definition) is 1. The summed E-state index contributed by atoms with van der Waals surface area (Å²) in [6, 6.07) is 7.16. The summed E-state index contributed by atoms with van der Waals surface area (Å²) in [5.41, 5.74) is 1.84. The molecule has 0 aliphatic carbocycles. The van der Waals surface area contributed by atoms with Crippen molar-refractivity contribution >= 4 is 29.2 Å². The van der Waals surface area contributed by atoms with Crippen LogP contribution < -0.4 is 5.32 Å². The summed E-state index contributed by atoms with van der Waals surface area (Å²) in [6.07, 6.45) is 6.70. The van der Waals surface area contributed by atoms with Crippen molar-refractivity contribution in [1.82, 2.24) is 19.6 Å². The zero-order valence-electron chi connectivity index (χ0n) is 14.6. The van der Waals surface area contributed by atoms with Crippen molar-refractivity contribution < 1.29 is 14.3 Å². The predicted octanol–water partition coefficient (Wildman–Crippen LogP) is 2.60. The molecule has 0 saturated heterocycles. The molecule has 2 aromatic heterocycles. The topological polar surface area (TPSA) is 91.0 Å². The maximum absolute atomic E-state index is 12.1. The first-order chi connectivity index (χ1) is 13.0. The van der Waals surface area contributed by atoms with Gasteiger partial charge in [-0.05, 0) is 11.6 Å². The van der Waals surface area contributed by atoms with Gasteiger partial charge in [-0.1, -0.05) is 29.8 Å². The van der Waals surface area contributed by atoms with Gasteiger partial charge in [-0.2, -0.15) is 10.2 Å². The molecular formula is C18H18ClN5O3. The lowest BCUT2D eigenvalue weighted by Gasteiger charge is -2.07. The Morgan fingerprint density at radius 2 is 1.93 bits per heavy atom. The number of methoxy groups -OCH3 is 1. The molecule has 140 valence electrons. The minimum Gasteiger partial charge on any atom is -0.465 e. The molecule has 0 aliphatic rings. The van der Waals surface area contributed by atoms with Crippen LogP contribution >= 0.6 is 11.6 Å². The molecule has 3 aromatic rings. The molecule has 0 unspecified atom stereocenters. The molecule has 8 nitrogen and oxygen atoms in total. The number of carbonyl (C=O) groups excluding carboxylic acids is 2. The third kappa shape index (κ3) is 4.95. The first-order valence-corrected chi connectivity index (χ1v) is 8.59. The highest BCUT2D eigenvalue weighted by Crippen LogP contribution is 2.14. The predicted molar refractivity (Wildman–Crippen MR) is 99.6 cm³/mol. The quantitative estimate of drug-likeness (QED) is 0.629. The Labute approximate surface area is 160 Å². The SMILES string of the molecule is COC(=O)c1ccccc1Cn1cc(NC(=O)CCn2cc(Cl)cn2)cn1. The van der Waals surface area contributed by atoms with Crippen molar-refractivity contribution in [3.05, 3.63) is 65.2 Å². The van der Waals surface area contributed by atoms with E-state index >= 15 is 0 Å². The largest absolute Gasteiger partial charge is 0.465 e. The summed E-state index contributed by atoms with van der Waals surface area (Å²) < 4.78 is 8.05. The van der Waals surface area contributed by atoms with E-state index in [-0.39, 0.29) is 12.3 Å². The number of aromatic nitrogens is 4. The number of amides is 1. The highest BCUT2D eigenvalue weighted by atomic mass is 35.5. The van der Waals surface area contributed by atoms with Gasteiger partial charge in [0.2, 0.25) is 5.91 Å². The van der Waals surface area contributed by atoms with Gasteiger partial charge in [0.15, 0.2) is 0 Å². The number of benzene rings is 1. The third-order valence-electron chi connectivity index (χ3n) is 3.84. The molecule has 0 fully saturated rings. The van der Waals surface area contributed by atoms with Crippen LogP contribution in [0.3, 0.4) is 0 Å². The molecule has 0 radical (unpaired) electrons. The summed E-state index contributed by atoms with van der Waals surface area (Å²) >= 11 is 5.79. The molecule has 2 heterocycles. The molecule has 0 bridgehead atoms. The van der Waals surface area contributed by atoms with Crippen molar-refractivity contribution in [1.29, 1.82) is 0 Å². The van der Waals surface area contributed by atoms with E-state index in [2.05, 4.69) is 15.5 Å².